The van der Waals surface area contributed by atoms with Crippen LogP contribution in [-0.4, -0.2) is 25.6 Å². The van der Waals surface area contributed by atoms with E-state index in [4.69, 9.17) is 5.73 Å². The van der Waals surface area contributed by atoms with E-state index in [0.29, 0.717) is 17.1 Å². The minimum atomic E-state index is -3.25. The van der Waals surface area contributed by atoms with Gasteiger partial charge in [-0.15, -0.1) is 0 Å². The molecule has 1 aromatic heterocycles. The summed E-state index contributed by atoms with van der Waals surface area (Å²) in [6.45, 7) is 4.31. The van der Waals surface area contributed by atoms with Gasteiger partial charge < -0.3 is 16.4 Å². The third-order valence-electron chi connectivity index (χ3n) is 4.77. The summed E-state index contributed by atoms with van der Waals surface area (Å²) >= 11 is 0. The van der Waals surface area contributed by atoms with Gasteiger partial charge >= 0.3 is 0 Å². The summed E-state index contributed by atoms with van der Waals surface area (Å²) in [5.41, 5.74) is 9.46. The lowest BCUT2D eigenvalue weighted by Gasteiger charge is -2.15. The summed E-state index contributed by atoms with van der Waals surface area (Å²) in [5, 5.41) is 6.09. The second-order valence-electron chi connectivity index (χ2n) is 7.66. The number of aromatic nitrogens is 1. The summed E-state index contributed by atoms with van der Waals surface area (Å²) < 4.78 is 23.1. The topological polar surface area (TPSA) is 114 Å². The lowest BCUT2D eigenvalue weighted by atomic mass is 9.98. The Morgan fingerprint density at radius 2 is 1.81 bits per heavy atom. The standard InChI is InChI=1S/C23H26N4O3S/c1-15(2)20-12-22(27-18-6-4-5-17(24)11-18)25-14-21(20)23(28)26-13-16-7-9-19(10-8-16)31(3,29)30/h4-12,14-15H,13,24H2,1-3H3,(H,25,27)(H,26,28). The van der Waals surface area contributed by atoms with Gasteiger partial charge in [0.15, 0.2) is 9.84 Å². The molecule has 7 nitrogen and oxygen atoms in total. The van der Waals surface area contributed by atoms with Gasteiger partial charge in [-0.2, -0.15) is 0 Å². The Bertz CT molecular complexity index is 1190. The number of pyridine rings is 1. The molecule has 1 amide bonds. The zero-order chi connectivity index (χ0) is 22.6. The third-order valence-corrected chi connectivity index (χ3v) is 5.89. The smallest absolute Gasteiger partial charge is 0.253 e. The van der Waals surface area contributed by atoms with Crippen LogP contribution in [0.25, 0.3) is 0 Å². The number of benzene rings is 2. The molecule has 0 fully saturated rings. The first kappa shape index (κ1) is 22.3. The van der Waals surface area contributed by atoms with E-state index in [0.717, 1.165) is 23.1 Å². The van der Waals surface area contributed by atoms with Gasteiger partial charge in [-0.25, -0.2) is 13.4 Å². The van der Waals surface area contributed by atoms with Crippen molar-refractivity contribution in [1.82, 2.24) is 10.3 Å². The summed E-state index contributed by atoms with van der Waals surface area (Å²) in [5.74, 6) is 0.500. The van der Waals surface area contributed by atoms with Crippen molar-refractivity contribution in [1.29, 1.82) is 0 Å². The maximum Gasteiger partial charge on any atom is 0.253 e. The number of hydrogen-bond acceptors (Lipinski definition) is 6. The van der Waals surface area contributed by atoms with Gasteiger partial charge in [0.2, 0.25) is 0 Å². The Morgan fingerprint density at radius 1 is 1.10 bits per heavy atom. The number of nitrogens with zero attached hydrogens (tertiary/aromatic N) is 1. The zero-order valence-electron chi connectivity index (χ0n) is 17.7. The van der Waals surface area contributed by atoms with Gasteiger partial charge in [0.25, 0.3) is 5.91 Å². The van der Waals surface area contributed by atoms with Crippen molar-refractivity contribution in [3.05, 3.63) is 77.5 Å². The van der Waals surface area contributed by atoms with E-state index in [1.165, 1.54) is 12.1 Å². The maximum absolute atomic E-state index is 12.8. The Hall–Kier alpha value is -3.39. The number of nitrogen functional groups attached to an aromatic ring is 1. The van der Waals surface area contributed by atoms with E-state index < -0.39 is 9.84 Å². The van der Waals surface area contributed by atoms with Crippen LogP contribution in [0.5, 0.6) is 0 Å². The van der Waals surface area contributed by atoms with Gasteiger partial charge in [-0.1, -0.05) is 32.0 Å². The first-order valence-electron chi connectivity index (χ1n) is 9.83. The average molecular weight is 439 g/mol. The van der Waals surface area contributed by atoms with Crippen LogP contribution >= 0.6 is 0 Å². The molecule has 1 heterocycles. The fourth-order valence-electron chi connectivity index (χ4n) is 3.10. The first-order chi connectivity index (χ1) is 14.6. The number of amides is 1. The predicted octanol–water partition coefficient (Wildman–Crippen LogP) is 3.86. The molecular weight excluding hydrogens is 412 g/mol. The largest absolute Gasteiger partial charge is 0.399 e. The molecule has 4 N–H and O–H groups in total. The molecule has 0 saturated carbocycles. The van der Waals surface area contributed by atoms with Crippen LogP contribution in [0.3, 0.4) is 0 Å². The fraction of sp³-hybridized carbons (Fsp3) is 0.217. The van der Waals surface area contributed by atoms with Crippen LogP contribution in [-0.2, 0) is 16.4 Å². The maximum atomic E-state index is 12.8. The van der Waals surface area contributed by atoms with Gasteiger partial charge in [-0.3, -0.25) is 4.79 Å². The third kappa shape index (κ3) is 5.82. The van der Waals surface area contributed by atoms with Crippen LogP contribution in [0.15, 0.2) is 65.7 Å². The van der Waals surface area contributed by atoms with Crippen LogP contribution in [0, 0.1) is 0 Å². The second-order valence-corrected chi connectivity index (χ2v) is 9.68. The number of hydrogen-bond donors (Lipinski definition) is 3. The van der Waals surface area contributed by atoms with Crippen LogP contribution in [0.4, 0.5) is 17.2 Å². The van der Waals surface area contributed by atoms with Crippen molar-refractivity contribution in [2.75, 3.05) is 17.3 Å². The molecule has 2 aromatic carbocycles. The molecule has 0 spiro atoms. The van der Waals surface area contributed by atoms with Gasteiger partial charge in [0.1, 0.15) is 5.82 Å². The molecule has 0 unspecified atom stereocenters. The van der Waals surface area contributed by atoms with Crippen molar-refractivity contribution in [2.45, 2.75) is 31.2 Å². The van der Waals surface area contributed by atoms with E-state index in [1.807, 2.05) is 38.1 Å². The molecule has 0 saturated heterocycles. The van der Waals surface area contributed by atoms with E-state index in [9.17, 15) is 13.2 Å². The Balaban J connectivity index is 1.74. The monoisotopic (exact) mass is 438 g/mol. The minimum Gasteiger partial charge on any atom is -0.399 e. The molecule has 0 atom stereocenters. The normalized spacial score (nSPS) is 11.4. The molecule has 162 valence electrons. The number of nitrogens with two attached hydrogens (primary N) is 1. The SMILES string of the molecule is CC(C)c1cc(Nc2cccc(N)c2)ncc1C(=O)NCc1ccc(S(C)(=O)=O)cc1. The molecular formula is C23H26N4O3S. The number of nitrogens with one attached hydrogen (secondary N) is 2. The number of anilines is 3. The van der Waals surface area contributed by atoms with Gasteiger partial charge in [0.05, 0.1) is 10.5 Å². The lowest BCUT2D eigenvalue weighted by Crippen LogP contribution is -2.24. The van der Waals surface area contributed by atoms with E-state index in [1.54, 1.807) is 24.4 Å². The van der Waals surface area contributed by atoms with Gasteiger partial charge in [-0.05, 0) is 53.4 Å². The number of sulfone groups is 1. The van der Waals surface area contributed by atoms with E-state index >= 15 is 0 Å². The first-order valence-corrected chi connectivity index (χ1v) is 11.7. The molecule has 3 aromatic rings. The molecule has 0 aliphatic rings. The van der Waals surface area contributed by atoms with Crippen molar-refractivity contribution in [3.8, 4) is 0 Å². The number of carbonyl (C=O) groups is 1. The molecule has 0 aliphatic heterocycles. The Labute approximate surface area is 182 Å². The highest BCUT2D eigenvalue weighted by atomic mass is 32.2. The highest BCUT2D eigenvalue weighted by molar-refractivity contribution is 7.90. The highest BCUT2D eigenvalue weighted by Gasteiger charge is 2.16. The molecule has 3 rings (SSSR count). The highest BCUT2D eigenvalue weighted by Crippen LogP contribution is 2.24. The Morgan fingerprint density at radius 3 is 2.42 bits per heavy atom. The van der Waals surface area contributed by atoms with Crippen LogP contribution in [0.1, 0.15) is 41.3 Å². The number of rotatable bonds is 7. The van der Waals surface area contributed by atoms with Gasteiger partial charge in [0, 0.05) is 30.4 Å². The lowest BCUT2D eigenvalue weighted by molar-refractivity contribution is 0.0949. The minimum absolute atomic E-state index is 0.110. The summed E-state index contributed by atoms with van der Waals surface area (Å²) in [7, 11) is -3.25. The molecule has 0 aliphatic carbocycles. The fourth-order valence-corrected chi connectivity index (χ4v) is 3.73. The molecule has 0 bridgehead atoms. The summed E-state index contributed by atoms with van der Waals surface area (Å²) in [4.78, 5) is 17.4. The van der Waals surface area contributed by atoms with E-state index in [-0.39, 0.29) is 23.3 Å². The quantitative estimate of drug-likeness (QED) is 0.483. The van der Waals surface area contributed by atoms with Crippen molar-refractivity contribution < 1.29 is 13.2 Å². The number of carbonyl (C=O) groups excluding carboxylic acids is 1. The molecule has 31 heavy (non-hydrogen) atoms. The Kier molecular flexibility index (Phi) is 6.60. The second kappa shape index (κ2) is 9.18. The van der Waals surface area contributed by atoms with E-state index in [2.05, 4.69) is 15.6 Å². The summed E-state index contributed by atoms with van der Waals surface area (Å²) in [6.07, 6.45) is 2.72. The zero-order valence-corrected chi connectivity index (χ0v) is 18.5. The predicted molar refractivity (Wildman–Crippen MR) is 123 cm³/mol. The van der Waals surface area contributed by atoms with Crippen molar-refractivity contribution in [2.24, 2.45) is 0 Å². The van der Waals surface area contributed by atoms with Crippen molar-refractivity contribution in [3.63, 3.8) is 0 Å². The van der Waals surface area contributed by atoms with Crippen LogP contribution in [0.2, 0.25) is 0 Å². The molecule has 0 radical (unpaired) electrons. The molecule has 8 heteroatoms. The van der Waals surface area contributed by atoms with Crippen molar-refractivity contribution >= 4 is 32.9 Å². The summed E-state index contributed by atoms with van der Waals surface area (Å²) in [6, 6.07) is 15.7. The average Bonchev–Trinajstić information content (AvgIpc) is 2.71. The van der Waals surface area contributed by atoms with Crippen LogP contribution < -0.4 is 16.4 Å².